The zero-order chi connectivity index (χ0) is 11.6. The maximum Gasteiger partial charge on any atom is 0.255 e. The average Bonchev–Trinajstić information content (AvgIpc) is 2.37. The Morgan fingerprint density at radius 2 is 2.20 bits per heavy atom. The molecule has 0 aliphatic heterocycles. The summed E-state index contributed by atoms with van der Waals surface area (Å²) >= 11 is 5.76. The summed E-state index contributed by atoms with van der Waals surface area (Å²) in [5, 5.41) is 6.89. The van der Waals surface area contributed by atoms with Crippen molar-refractivity contribution in [3.8, 4) is 0 Å². The molecule has 5 heteroatoms. The van der Waals surface area contributed by atoms with Crippen LogP contribution in [0.5, 0.6) is 0 Å². The maximum atomic E-state index is 11.8. The molecule has 4 nitrogen and oxygen atoms in total. The molecule has 0 bridgehead atoms. The van der Waals surface area contributed by atoms with Crippen molar-refractivity contribution in [2.24, 2.45) is 7.05 Å². The predicted octanol–water partition coefficient (Wildman–Crippen LogP) is 1.39. The molecular formula is C10H16ClN3O. The van der Waals surface area contributed by atoms with E-state index in [4.69, 9.17) is 11.6 Å². The lowest BCUT2D eigenvalue weighted by molar-refractivity contribution is 0.0952. The first-order valence-corrected chi connectivity index (χ1v) is 5.29. The summed E-state index contributed by atoms with van der Waals surface area (Å²) in [7, 11) is 1.82. The van der Waals surface area contributed by atoms with Crippen molar-refractivity contribution >= 4 is 17.5 Å². The Hall–Kier alpha value is -1.03. The minimum atomic E-state index is -0.106. The molecule has 0 fully saturated rings. The molecule has 0 aromatic carbocycles. The molecule has 0 aliphatic rings. The third-order valence-corrected chi connectivity index (χ3v) is 2.43. The van der Waals surface area contributed by atoms with Gasteiger partial charge in [0, 0.05) is 24.7 Å². The van der Waals surface area contributed by atoms with E-state index in [1.165, 1.54) is 0 Å². The van der Waals surface area contributed by atoms with Crippen LogP contribution in [-0.4, -0.2) is 27.6 Å². The van der Waals surface area contributed by atoms with E-state index in [9.17, 15) is 4.79 Å². The smallest absolute Gasteiger partial charge is 0.255 e. The normalized spacial score (nSPS) is 12.6. The van der Waals surface area contributed by atoms with Crippen molar-refractivity contribution in [2.45, 2.75) is 26.1 Å². The first-order valence-electron chi connectivity index (χ1n) is 4.86. The minimum Gasteiger partial charge on any atom is -0.350 e. The molecule has 15 heavy (non-hydrogen) atoms. The number of nitrogens with one attached hydrogen (secondary N) is 1. The van der Waals surface area contributed by atoms with Gasteiger partial charge >= 0.3 is 0 Å². The van der Waals surface area contributed by atoms with E-state index in [2.05, 4.69) is 10.4 Å². The van der Waals surface area contributed by atoms with Crippen LogP contribution in [0.15, 0.2) is 0 Å². The third kappa shape index (κ3) is 2.72. The summed E-state index contributed by atoms with van der Waals surface area (Å²) in [4.78, 5) is 11.8. The highest BCUT2D eigenvalue weighted by atomic mass is 35.5. The van der Waals surface area contributed by atoms with E-state index >= 15 is 0 Å². The van der Waals surface area contributed by atoms with Crippen LogP contribution in [0, 0.1) is 13.8 Å². The highest BCUT2D eigenvalue weighted by Gasteiger charge is 2.16. The van der Waals surface area contributed by atoms with Crippen molar-refractivity contribution in [3.63, 3.8) is 0 Å². The monoisotopic (exact) mass is 229 g/mol. The number of halogens is 1. The van der Waals surface area contributed by atoms with Crippen LogP contribution in [0.4, 0.5) is 0 Å². The van der Waals surface area contributed by atoms with Crippen molar-refractivity contribution in [2.75, 3.05) is 6.54 Å². The van der Waals surface area contributed by atoms with Crippen LogP contribution in [0.1, 0.15) is 28.7 Å². The fourth-order valence-corrected chi connectivity index (χ4v) is 1.50. The van der Waals surface area contributed by atoms with Gasteiger partial charge in [0.2, 0.25) is 0 Å². The zero-order valence-electron chi connectivity index (χ0n) is 9.47. The Labute approximate surface area is 94.6 Å². The molecule has 1 aromatic rings. The van der Waals surface area contributed by atoms with Crippen molar-refractivity contribution in [3.05, 3.63) is 17.0 Å². The van der Waals surface area contributed by atoms with Gasteiger partial charge in [-0.2, -0.15) is 5.10 Å². The molecule has 84 valence electrons. The molecule has 1 heterocycles. The Morgan fingerprint density at radius 3 is 2.60 bits per heavy atom. The number of hydrogen-bond acceptors (Lipinski definition) is 2. The number of aryl methyl sites for hydroxylation is 2. The van der Waals surface area contributed by atoms with Gasteiger partial charge in [0.15, 0.2) is 0 Å². The van der Waals surface area contributed by atoms with Gasteiger partial charge in [0.05, 0.1) is 11.3 Å². The number of amides is 1. The van der Waals surface area contributed by atoms with Crippen molar-refractivity contribution < 1.29 is 4.79 Å². The quantitative estimate of drug-likeness (QED) is 0.797. The minimum absolute atomic E-state index is 0.0637. The van der Waals surface area contributed by atoms with E-state index < -0.39 is 0 Å². The molecule has 0 saturated heterocycles. The van der Waals surface area contributed by atoms with E-state index in [0.717, 1.165) is 11.4 Å². The van der Waals surface area contributed by atoms with Gasteiger partial charge in [0.25, 0.3) is 5.91 Å². The zero-order valence-corrected chi connectivity index (χ0v) is 10.2. The molecular weight excluding hydrogens is 214 g/mol. The van der Waals surface area contributed by atoms with Gasteiger partial charge in [0.1, 0.15) is 0 Å². The molecule has 0 radical (unpaired) electrons. The van der Waals surface area contributed by atoms with E-state index in [-0.39, 0.29) is 11.3 Å². The van der Waals surface area contributed by atoms with Gasteiger partial charge in [-0.05, 0) is 20.8 Å². The molecule has 0 aliphatic carbocycles. The second-order valence-electron chi connectivity index (χ2n) is 3.66. The number of carbonyl (C=O) groups excluding carboxylic acids is 1. The van der Waals surface area contributed by atoms with Crippen LogP contribution in [0.25, 0.3) is 0 Å². The lowest BCUT2D eigenvalue weighted by atomic mass is 10.2. The number of rotatable bonds is 3. The second kappa shape index (κ2) is 4.66. The predicted molar refractivity (Wildman–Crippen MR) is 60.3 cm³/mol. The second-order valence-corrected chi connectivity index (χ2v) is 4.41. The van der Waals surface area contributed by atoms with Gasteiger partial charge < -0.3 is 5.32 Å². The van der Waals surface area contributed by atoms with E-state index in [0.29, 0.717) is 12.1 Å². The maximum absolute atomic E-state index is 11.8. The summed E-state index contributed by atoms with van der Waals surface area (Å²) in [6.07, 6.45) is 0. The number of aromatic nitrogens is 2. The molecule has 1 rings (SSSR count). The van der Waals surface area contributed by atoms with Crippen LogP contribution < -0.4 is 5.32 Å². The summed E-state index contributed by atoms with van der Waals surface area (Å²) in [5.41, 5.74) is 2.26. The van der Waals surface area contributed by atoms with Crippen LogP contribution in [0.3, 0.4) is 0 Å². The number of hydrogen-bond donors (Lipinski definition) is 1. The Kier molecular flexibility index (Phi) is 3.74. The summed E-state index contributed by atoms with van der Waals surface area (Å²) < 4.78 is 1.70. The van der Waals surface area contributed by atoms with Crippen LogP contribution in [-0.2, 0) is 7.05 Å². The highest BCUT2D eigenvalue weighted by molar-refractivity contribution is 6.20. The Bertz CT molecular complexity index is 371. The molecule has 0 saturated carbocycles. The number of nitrogens with zero attached hydrogens (tertiary/aromatic N) is 2. The van der Waals surface area contributed by atoms with E-state index in [1.54, 1.807) is 4.68 Å². The summed E-state index contributed by atoms with van der Waals surface area (Å²) in [5.74, 6) is -0.106. The molecule has 1 amide bonds. The van der Waals surface area contributed by atoms with Gasteiger partial charge in [-0.1, -0.05) is 0 Å². The van der Waals surface area contributed by atoms with E-state index in [1.807, 2.05) is 27.8 Å². The summed E-state index contributed by atoms with van der Waals surface area (Å²) in [6, 6.07) is 0. The fourth-order valence-electron chi connectivity index (χ4n) is 1.42. The molecule has 1 atom stereocenters. The lowest BCUT2D eigenvalue weighted by Gasteiger charge is -2.06. The van der Waals surface area contributed by atoms with Gasteiger partial charge in [-0.3, -0.25) is 9.48 Å². The first-order chi connectivity index (χ1) is 6.93. The molecule has 0 spiro atoms. The number of alkyl halides is 1. The van der Waals surface area contributed by atoms with Gasteiger partial charge in [-0.15, -0.1) is 11.6 Å². The topological polar surface area (TPSA) is 46.9 Å². The molecule has 1 unspecified atom stereocenters. The Balaban J connectivity index is 2.82. The summed E-state index contributed by atoms with van der Waals surface area (Å²) in [6.45, 7) is 6.00. The van der Waals surface area contributed by atoms with Crippen LogP contribution >= 0.6 is 11.6 Å². The average molecular weight is 230 g/mol. The lowest BCUT2D eigenvalue weighted by Crippen LogP contribution is -2.29. The molecule has 1 aromatic heterocycles. The number of carbonyl (C=O) groups is 1. The largest absolute Gasteiger partial charge is 0.350 e. The van der Waals surface area contributed by atoms with Crippen LogP contribution in [0.2, 0.25) is 0 Å². The highest BCUT2D eigenvalue weighted by Crippen LogP contribution is 2.11. The van der Waals surface area contributed by atoms with Crippen molar-refractivity contribution in [1.29, 1.82) is 0 Å². The van der Waals surface area contributed by atoms with Gasteiger partial charge in [-0.25, -0.2) is 0 Å². The Morgan fingerprint density at radius 1 is 1.60 bits per heavy atom. The van der Waals surface area contributed by atoms with Crippen molar-refractivity contribution in [1.82, 2.24) is 15.1 Å². The fraction of sp³-hybridized carbons (Fsp3) is 0.600. The molecule has 1 N–H and O–H groups in total. The standard InChI is InChI=1S/C10H16ClN3O/c1-6(11)5-12-10(15)9-7(2)13-14(4)8(9)3/h6H,5H2,1-4H3,(H,12,15). The first kappa shape index (κ1) is 12.0. The SMILES string of the molecule is Cc1nn(C)c(C)c1C(=O)NCC(C)Cl. The third-order valence-electron chi connectivity index (χ3n) is 2.28.